The second-order valence-electron chi connectivity index (χ2n) is 14.2. The monoisotopic (exact) mass is 754 g/mol. The standard InChI is InChI=1S/C49H37N4O.Ni/c1-29-5-13-33(14-6-29)45-38-21-22-39(50-38)46(34-15-7-30(2)8-16-34)41-25-26-43(52-41)48(36-19-11-32(4)12-20-36)49-37(28-54)27-44(53-49)47(42-24-23-40(45)51-42)35-17-9-31(3)10-18-35;/h5-28H,1-4H3,(H-,50,51,52,53,54);/q-1;+2/p-1. The molecule has 0 radical (unpaired) electrons. The molecule has 0 amide bonds. The quantitative estimate of drug-likeness (QED) is 0.139. The minimum Gasteiger partial charge on any atom is -0.877 e. The molecule has 5 aromatic rings. The molecule has 4 aliphatic rings. The Bertz CT molecular complexity index is 2800. The van der Waals surface area contributed by atoms with Crippen molar-refractivity contribution in [2.24, 2.45) is 15.0 Å². The van der Waals surface area contributed by atoms with Crippen molar-refractivity contribution in [2.75, 3.05) is 0 Å². The third kappa shape index (κ3) is 6.60. The Balaban J connectivity index is 0.00000427. The summed E-state index contributed by atoms with van der Waals surface area (Å²) < 4.78 is 0. The molecular weight excluding hydrogens is 719 g/mol. The molecule has 0 aliphatic carbocycles. The molecule has 8 bridgehead atoms. The van der Waals surface area contributed by atoms with Gasteiger partial charge in [-0.3, -0.25) is 0 Å². The second-order valence-corrected chi connectivity index (χ2v) is 14.2. The van der Waals surface area contributed by atoms with Crippen molar-refractivity contribution in [2.45, 2.75) is 27.7 Å². The molecule has 4 aliphatic heterocycles. The van der Waals surface area contributed by atoms with Gasteiger partial charge in [-0.25, -0.2) is 15.0 Å². The third-order valence-electron chi connectivity index (χ3n) is 10.2. The largest absolute Gasteiger partial charge is 2.00 e. The van der Waals surface area contributed by atoms with Crippen LogP contribution in [0, 0.1) is 27.7 Å². The number of hydrogen-bond donors (Lipinski definition) is 0. The summed E-state index contributed by atoms with van der Waals surface area (Å²) in [4.78, 5) is 21.3. The molecule has 0 saturated heterocycles. The van der Waals surface area contributed by atoms with Crippen LogP contribution in [-0.2, 0) is 16.5 Å². The van der Waals surface area contributed by atoms with Crippen LogP contribution >= 0.6 is 0 Å². The zero-order chi connectivity index (χ0) is 36.9. The first-order chi connectivity index (χ1) is 26.3. The number of aromatic nitrogens is 1. The van der Waals surface area contributed by atoms with Gasteiger partial charge in [0.05, 0.1) is 34.2 Å². The van der Waals surface area contributed by atoms with Crippen molar-refractivity contribution in [3.8, 4) is 0 Å². The number of allylic oxidation sites excluding steroid dienone is 8. The fourth-order valence-electron chi connectivity index (χ4n) is 7.34. The summed E-state index contributed by atoms with van der Waals surface area (Å²) in [7, 11) is 0. The van der Waals surface area contributed by atoms with Gasteiger partial charge < -0.3 is 10.1 Å². The van der Waals surface area contributed by atoms with Crippen molar-refractivity contribution in [3.63, 3.8) is 0 Å². The molecule has 6 heteroatoms. The molecule has 0 atom stereocenters. The van der Waals surface area contributed by atoms with E-state index in [9.17, 15) is 5.11 Å². The summed E-state index contributed by atoms with van der Waals surface area (Å²) >= 11 is 0. The van der Waals surface area contributed by atoms with E-state index in [1.807, 2.05) is 12.1 Å². The molecule has 5 heterocycles. The molecule has 0 unspecified atom stereocenters. The van der Waals surface area contributed by atoms with Crippen LogP contribution < -0.4 is 20.8 Å². The molecule has 55 heavy (non-hydrogen) atoms. The Kier molecular flexibility index (Phi) is 9.38. The van der Waals surface area contributed by atoms with Crippen molar-refractivity contribution >= 4 is 39.4 Å². The van der Waals surface area contributed by atoms with E-state index in [0.717, 1.165) is 95.5 Å². The van der Waals surface area contributed by atoms with Gasteiger partial charge in [0.1, 0.15) is 0 Å². The van der Waals surface area contributed by atoms with Gasteiger partial charge in [-0.05, 0) is 97.0 Å². The maximum Gasteiger partial charge on any atom is 2.00 e. The SMILES string of the molecule is Cc1ccc(C2=C3C=CC(=N3)C(c3ccc(C)cc3)=C3C=CC(=N3)C(c3ccc(C)cc3)=c3ccc([n-]3)=C(c3ccc(C)cc3)C3=NC2=CC3=C[O-])cc1.[Ni+2]. The van der Waals surface area contributed by atoms with Crippen LogP contribution in [0.15, 0.2) is 183 Å². The Hall–Kier alpha value is -6.36. The fraction of sp³-hybridized carbons (Fsp3) is 0.0816. The van der Waals surface area contributed by atoms with Gasteiger partial charge in [0, 0.05) is 11.1 Å². The van der Waals surface area contributed by atoms with E-state index in [1.54, 1.807) is 0 Å². The van der Waals surface area contributed by atoms with Crippen LogP contribution in [0.2, 0.25) is 0 Å². The molecule has 268 valence electrons. The minimum atomic E-state index is 0. The number of rotatable bonds is 4. The first-order valence-corrected chi connectivity index (χ1v) is 18.2. The van der Waals surface area contributed by atoms with Gasteiger partial charge in [-0.15, -0.1) is 17.0 Å². The number of benzene rings is 4. The molecular formula is C49H36N4NiO. The number of fused-ring (bicyclic) bond motifs is 5. The first kappa shape index (κ1) is 35.7. The second kappa shape index (κ2) is 14.5. The minimum absolute atomic E-state index is 0. The molecule has 1 aromatic heterocycles. The van der Waals surface area contributed by atoms with E-state index in [4.69, 9.17) is 20.0 Å². The van der Waals surface area contributed by atoms with Crippen molar-refractivity contribution in [1.29, 1.82) is 0 Å². The van der Waals surface area contributed by atoms with Crippen molar-refractivity contribution in [3.05, 3.63) is 224 Å². The summed E-state index contributed by atoms with van der Waals surface area (Å²) in [5.74, 6) is 0. The van der Waals surface area contributed by atoms with Gasteiger partial charge in [-0.2, -0.15) is 0 Å². The average Bonchev–Trinajstić information content (AvgIpc) is 4.01. The molecule has 5 nitrogen and oxygen atoms in total. The van der Waals surface area contributed by atoms with Gasteiger partial charge in [0.15, 0.2) is 0 Å². The van der Waals surface area contributed by atoms with E-state index in [1.165, 1.54) is 11.1 Å². The Morgan fingerprint density at radius 3 is 1.35 bits per heavy atom. The predicted molar refractivity (Wildman–Crippen MR) is 219 cm³/mol. The zero-order valence-electron chi connectivity index (χ0n) is 30.9. The van der Waals surface area contributed by atoms with Crippen LogP contribution in [0.1, 0.15) is 44.5 Å². The van der Waals surface area contributed by atoms with Crippen LogP contribution in [0.25, 0.3) is 22.3 Å². The fourth-order valence-corrected chi connectivity index (χ4v) is 7.34. The van der Waals surface area contributed by atoms with Crippen molar-refractivity contribution < 1.29 is 21.6 Å². The van der Waals surface area contributed by atoms with Gasteiger partial charge >= 0.3 is 16.5 Å². The van der Waals surface area contributed by atoms with E-state index >= 15 is 0 Å². The van der Waals surface area contributed by atoms with E-state index in [-0.39, 0.29) is 16.5 Å². The molecule has 4 aromatic carbocycles. The zero-order valence-corrected chi connectivity index (χ0v) is 31.9. The first-order valence-electron chi connectivity index (χ1n) is 18.2. The van der Waals surface area contributed by atoms with E-state index in [0.29, 0.717) is 17.0 Å². The topological polar surface area (TPSA) is 74.2 Å². The maximum absolute atomic E-state index is 13.0. The number of aliphatic imine (C=N–C) groups is 3. The Morgan fingerprint density at radius 1 is 0.455 bits per heavy atom. The summed E-state index contributed by atoms with van der Waals surface area (Å²) in [6.45, 7) is 8.32. The summed E-state index contributed by atoms with van der Waals surface area (Å²) in [6, 6.07) is 37.8. The Labute approximate surface area is 331 Å². The van der Waals surface area contributed by atoms with Crippen LogP contribution in [-0.4, -0.2) is 17.1 Å². The van der Waals surface area contributed by atoms with Gasteiger partial charge in [-0.1, -0.05) is 131 Å². The summed E-state index contributed by atoms with van der Waals surface area (Å²) in [6.07, 6.45) is 11.1. The van der Waals surface area contributed by atoms with Gasteiger partial charge in [0.25, 0.3) is 0 Å². The molecule has 9 rings (SSSR count). The maximum atomic E-state index is 13.0. The van der Waals surface area contributed by atoms with E-state index < -0.39 is 0 Å². The third-order valence-corrected chi connectivity index (χ3v) is 10.2. The van der Waals surface area contributed by atoms with Gasteiger partial charge in [0.2, 0.25) is 0 Å². The summed E-state index contributed by atoms with van der Waals surface area (Å²) in [5.41, 5.74) is 17.0. The predicted octanol–water partition coefficient (Wildman–Crippen LogP) is 7.71. The van der Waals surface area contributed by atoms with Crippen molar-refractivity contribution in [1.82, 2.24) is 4.98 Å². The smallest absolute Gasteiger partial charge is 0.877 e. The number of hydrogen-bond acceptors (Lipinski definition) is 4. The van der Waals surface area contributed by atoms with Crippen LogP contribution in [0.5, 0.6) is 0 Å². The molecule has 0 N–H and O–H groups in total. The number of aryl methyl sites for hydroxylation is 4. The number of nitrogens with zero attached hydrogens (tertiary/aromatic N) is 4. The molecule has 0 saturated carbocycles. The van der Waals surface area contributed by atoms with E-state index in [2.05, 4.69) is 155 Å². The van der Waals surface area contributed by atoms with Crippen LogP contribution in [0.3, 0.4) is 0 Å². The summed E-state index contributed by atoms with van der Waals surface area (Å²) in [5, 5.41) is 14.5. The average molecular weight is 756 g/mol. The molecule has 0 spiro atoms. The molecule has 0 fully saturated rings. The van der Waals surface area contributed by atoms with Crippen LogP contribution in [0.4, 0.5) is 0 Å². The Morgan fingerprint density at radius 2 is 0.855 bits per heavy atom. The normalized spacial score (nSPS) is 16.8.